The third-order valence-corrected chi connectivity index (χ3v) is 3.81. The van der Waals surface area contributed by atoms with E-state index >= 15 is 0 Å². The lowest BCUT2D eigenvalue weighted by Gasteiger charge is -2.32. The molecule has 0 radical (unpaired) electrons. The lowest BCUT2D eigenvalue weighted by Crippen LogP contribution is -2.39. The fraction of sp³-hybridized carbons (Fsp3) is 0.438. The van der Waals surface area contributed by atoms with Crippen LogP contribution in [0.2, 0.25) is 0 Å². The number of amides is 1. The Kier molecular flexibility index (Phi) is 5.09. The van der Waals surface area contributed by atoms with Crippen molar-refractivity contribution >= 4 is 18.0 Å². The maximum Gasteiger partial charge on any atom is 0.328 e. The standard InChI is InChI=1S/C16H20N2O3/c1-2-12-4-3-7-18(11-12)16(21)14-8-13(9-17-10-14)5-6-15(19)20/h5-6,8-10,12H,2-4,7,11H2,1H3,(H,19,20). The van der Waals surface area contributed by atoms with Crippen LogP contribution in [0, 0.1) is 5.92 Å². The Morgan fingerprint density at radius 3 is 3.00 bits per heavy atom. The van der Waals surface area contributed by atoms with E-state index in [1.165, 1.54) is 18.7 Å². The van der Waals surface area contributed by atoms with E-state index in [-0.39, 0.29) is 5.91 Å². The molecule has 1 aromatic heterocycles. The number of rotatable bonds is 4. The zero-order valence-electron chi connectivity index (χ0n) is 12.2. The highest BCUT2D eigenvalue weighted by Gasteiger charge is 2.23. The van der Waals surface area contributed by atoms with Crippen molar-refractivity contribution in [1.82, 2.24) is 9.88 Å². The number of piperidine rings is 1. The molecule has 1 unspecified atom stereocenters. The molecule has 1 aromatic rings. The third kappa shape index (κ3) is 4.15. The molecular weight excluding hydrogens is 268 g/mol. The molecule has 0 spiro atoms. The predicted octanol–water partition coefficient (Wildman–Crippen LogP) is 2.44. The van der Waals surface area contributed by atoms with E-state index in [2.05, 4.69) is 11.9 Å². The Bertz CT molecular complexity index is 554. The molecule has 0 saturated carbocycles. The van der Waals surface area contributed by atoms with Crippen LogP contribution in [-0.4, -0.2) is 40.0 Å². The minimum absolute atomic E-state index is 0.0220. The normalized spacial score (nSPS) is 18.9. The minimum atomic E-state index is -1.02. The van der Waals surface area contributed by atoms with Gasteiger partial charge in [0.05, 0.1) is 5.56 Å². The van der Waals surface area contributed by atoms with Gasteiger partial charge in [-0.05, 0) is 36.5 Å². The first-order valence-corrected chi connectivity index (χ1v) is 7.25. The van der Waals surface area contributed by atoms with Crippen LogP contribution in [0.5, 0.6) is 0 Å². The average molecular weight is 288 g/mol. The van der Waals surface area contributed by atoms with Crippen molar-refractivity contribution in [2.24, 2.45) is 5.92 Å². The topological polar surface area (TPSA) is 70.5 Å². The fourth-order valence-electron chi connectivity index (χ4n) is 2.60. The smallest absolute Gasteiger partial charge is 0.328 e. The summed E-state index contributed by atoms with van der Waals surface area (Å²) in [5, 5.41) is 8.63. The van der Waals surface area contributed by atoms with Crippen LogP contribution < -0.4 is 0 Å². The molecule has 0 aliphatic carbocycles. The molecule has 112 valence electrons. The Morgan fingerprint density at radius 1 is 1.48 bits per heavy atom. The molecule has 1 saturated heterocycles. The van der Waals surface area contributed by atoms with Crippen LogP contribution in [0.25, 0.3) is 6.08 Å². The molecule has 21 heavy (non-hydrogen) atoms. The summed E-state index contributed by atoms with van der Waals surface area (Å²) in [7, 11) is 0. The van der Waals surface area contributed by atoms with Crippen LogP contribution in [-0.2, 0) is 4.79 Å². The summed E-state index contributed by atoms with van der Waals surface area (Å²) in [4.78, 5) is 28.9. The van der Waals surface area contributed by atoms with Gasteiger partial charge in [-0.1, -0.05) is 13.3 Å². The number of hydrogen-bond donors (Lipinski definition) is 1. The third-order valence-electron chi connectivity index (χ3n) is 3.81. The van der Waals surface area contributed by atoms with E-state index in [1.54, 1.807) is 12.3 Å². The van der Waals surface area contributed by atoms with Gasteiger partial charge in [-0.15, -0.1) is 0 Å². The zero-order valence-corrected chi connectivity index (χ0v) is 12.2. The molecular formula is C16H20N2O3. The number of carbonyl (C=O) groups is 2. The van der Waals surface area contributed by atoms with E-state index in [4.69, 9.17) is 5.11 Å². The molecule has 1 fully saturated rings. The van der Waals surface area contributed by atoms with Crippen LogP contribution >= 0.6 is 0 Å². The Balaban J connectivity index is 2.12. The van der Waals surface area contributed by atoms with Crippen molar-refractivity contribution in [2.75, 3.05) is 13.1 Å². The first kappa shape index (κ1) is 15.2. The highest BCUT2D eigenvalue weighted by molar-refractivity contribution is 5.94. The highest BCUT2D eigenvalue weighted by Crippen LogP contribution is 2.21. The molecule has 2 heterocycles. The second kappa shape index (κ2) is 7.02. The van der Waals surface area contributed by atoms with E-state index < -0.39 is 5.97 Å². The second-order valence-corrected chi connectivity index (χ2v) is 5.35. The monoisotopic (exact) mass is 288 g/mol. The molecule has 1 atom stereocenters. The summed E-state index contributed by atoms with van der Waals surface area (Å²) in [6.07, 6.45) is 8.87. The number of aliphatic carboxylic acids is 1. The summed E-state index contributed by atoms with van der Waals surface area (Å²) in [5.41, 5.74) is 1.13. The first-order chi connectivity index (χ1) is 10.1. The van der Waals surface area contributed by atoms with Gasteiger partial charge in [0.2, 0.25) is 0 Å². The highest BCUT2D eigenvalue weighted by atomic mass is 16.4. The van der Waals surface area contributed by atoms with Gasteiger partial charge < -0.3 is 10.0 Å². The number of nitrogens with zero attached hydrogens (tertiary/aromatic N) is 2. The van der Waals surface area contributed by atoms with Gasteiger partial charge in [-0.2, -0.15) is 0 Å². The number of carbonyl (C=O) groups excluding carboxylic acids is 1. The number of carboxylic acid groups (broad SMARTS) is 1. The summed E-state index contributed by atoms with van der Waals surface area (Å²) in [6, 6.07) is 1.68. The lowest BCUT2D eigenvalue weighted by atomic mass is 9.95. The van der Waals surface area contributed by atoms with Crippen LogP contribution in [0.15, 0.2) is 24.5 Å². The van der Waals surface area contributed by atoms with E-state index in [1.807, 2.05) is 4.90 Å². The minimum Gasteiger partial charge on any atom is -0.478 e. The summed E-state index contributed by atoms with van der Waals surface area (Å²) < 4.78 is 0. The van der Waals surface area contributed by atoms with Crippen LogP contribution in [0.4, 0.5) is 0 Å². The van der Waals surface area contributed by atoms with E-state index in [9.17, 15) is 9.59 Å². The molecule has 5 nitrogen and oxygen atoms in total. The molecule has 1 N–H and O–H groups in total. The average Bonchev–Trinajstić information content (AvgIpc) is 2.52. The van der Waals surface area contributed by atoms with E-state index in [0.717, 1.165) is 32.0 Å². The Hall–Kier alpha value is -2.17. The van der Waals surface area contributed by atoms with Crippen molar-refractivity contribution in [3.63, 3.8) is 0 Å². The van der Waals surface area contributed by atoms with E-state index in [0.29, 0.717) is 17.0 Å². The largest absolute Gasteiger partial charge is 0.478 e. The second-order valence-electron chi connectivity index (χ2n) is 5.35. The molecule has 0 aromatic carbocycles. The zero-order chi connectivity index (χ0) is 15.2. The number of aromatic nitrogens is 1. The summed E-state index contributed by atoms with van der Waals surface area (Å²) >= 11 is 0. The maximum absolute atomic E-state index is 12.5. The van der Waals surface area contributed by atoms with Crippen molar-refractivity contribution in [1.29, 1.82) is 0 Å². The molecule has 1 aliphatic rings. The Labute approximate surface area is 124 Å². The maximum atomic E-state index is 12.5. The van der Waals surface area contributed by atoms with Gasteiger partial charge in [-0.3, -0.25) is 9.78 Å². The van der Waals surface area contributed by atoms with Gasteiger partial charge in [0.15, 0.2) is 0 Å². The molecule has 2 rings (SSSR count). The first-order valence-electron chi connectivity index (χ1n) is 7.25. The lowest BCUT2D eigenvalue weighted by molar-refractivity contribution is -0.131. The number of likely N-dealkylation sites (tertiary alicyclic amines) is 1. The SMILES string of the molecule is CCC1CCCN(C(=O)c2cncc(C=CC(=O)O)c2)C1. The van der Waals surface area contributed by atoms with Gasteiger partial charge in [0.25, 0.3) is 5.91 Å². The molecule has 1 aliphatic heterocycles. The van der Waals surface area contributed by atoms with Gasteiger partial charge in [-0.25, -0.2) is 4.79 Å². The fourth-order valence-corrected chi connectivity index (χ4v) is 2.60. The van der Waals surface area contributed by atoms with Gasteiger partial charge in [0, 0.05) is 31.6 Å². The Morgan fingerprint density at radius 2 is 2.29 bits per heavy atom. The van der Waals surface area contributed by atoms with Crippen molar-refractivity contribution in [3.05, 3.63) is 35.7 Å². The number of carboxylic acids is 1. The predicted molar refractivity (Wildman–Crippen MR) is 79.8 cm³/mol. The molecule has 1 amide bonds. The quantitative estimate of drug-likeness (QED) is 0.864. The number of pyridine rings is 1. The van der Waals surface area contributed by atoms with Gasteiger partial charge >= 0.3 is 5.97 Å². The molecule has 5 heteroatoms. The van der Waals surface area contributed by atoms with Gasteiger partial charge in [0.1, 0.15) is 0 Å². The summed E-state index contributed by atoms with van der Waals surface area (Å²) in [5.74, 6) is -0.467. The van der Waals surface area contributed by atoms with Crippen LogP contribution in [0.1, 0.15) is 42.1 Å². The van der Waals surface area contributed by atoms with Crippen molar-refractivity contribution in [3.8, 4) is 0 Å². The summed E-state index contributed by atoms with van der Waals surface area (Å²) in [6.45, 7) is 3.73. The number of hydrogen-bond acceptors (Lipinski definition) is 3. The van der Waals surface area contributed by atoms with Crippen LogP contribution in [0.3, 0.4) is 0 Å². The molecule has 0 bridgehead atoms. The van der Waals surface area contributed by atoms with Crippen molar-refractivity contribution < 1.29 is 14.7 Å². The van der Waals surface area contributed by atoms with Crippen molar-refractivity contribution in [2.45, 2.75) is 26.2 Å².